The highest BCUT2D eigenvalue weighted by atomic mass is 16.5. The number of pyridine rings is 1. The maximum absolute atomic E-state index is 5.93. The van der Waals surface area contributed by atoms with Gasteiger partial charge in [0.15, 0.2) is 0 Å². The van der Waals surface area contributed by atoms with Gasteiger partial charge in [-0.25, -0.2) is 4.98 Å². The van der Waals surface area contributed by atoms with Gasteiger partial charge in [0.1, 0.15) is 5.75 Å². The van der Waals surface area contributed by atoms with Crippen LogP contribution >= 0.6 is 0 Å². The van der Waals surface area contributed by atoms with E-state index in [0.717, 1.165) is 23.6 Å². The number of aromatic nitrogens is 1. The highest BCUT2D eigenvalue weighted by molar-refractivity contribution is 5.39. The maximum Gasteiger partial charge on any atom is 0.224 e. The van der Waals surface area contributed by atoms with Crippen LogP contribution in [0.2, 0.25) is 0 Å². The molecule has 0 aliphatic heterocycles. The normalized spacial score (nSPS) is 10.5. The van der Waals surface area contributed by atoms with Crippen LogP contribution in [0.5, 0.6) is 11.6 Å². The first kappa shape index (κ1) is 13.6. The van der Waals surface area contributed by atoms with E-state index in [1.54, 1.807) is 0 Å². The van der Waals surface area contributed by atoms with E-state index in [0.29, 0.717) is 5.88 Å². The predicted octanol–water partition coefficient (Wildman–Crippen LogP) is 3.52. The lowest BCUT2D eigenvalue weighted by molar-refractivity contribution is 0.452. The fourth-order valence-corrected chi connectivity index (χ4v) is 2.02. The molecule has 0 bridgehead atoms. The monoisotopic (exact) mass is 256 g/mol. The maximum atomic E-state index is 5.93. The van der Waals surface area contributed by atoms with Crippen LogP contribution in [0.25, 0.3) is 0 Å². The van der Waals surface area contributed by atoms with Crippen LogP contribution in [-0.4, -0.2) is 12.0 Å². The Hall–Kier alpha value is -1.87. The molecule has 0 unspecified atom stereocenters. The Morgan fingerprint density at radius 3 is 2.42 bits per heavy atom. The summed E-state index contributed by atoms with van der Waals surface area (Å²) in [6, 6.07) is 10.1. The van der Waals surface area contributed by atoms with Gasteiger partial charge in [0.25, 0.3) is 0 Å². The molecule has 1 aromatic carbocycles. The van der Waals surface area contributed by atoms with E-state index in [4.69, 9.17) is 4.74 Å². The van der Waals surface area contributed by atoms with Crippen LogP contribution in [0, 0.1) is 20.8 Å². The van der Waals surface area contributed by atoms with Crippen molar-refractivity contribution in [2.45, 2.75) is 27.3 Å². The van der Waals surface area contributed by atoms with E-state index in [1.165, 1.54) is 11.1 Å². The first-order chi connectivity index (χ1) is 9.10. The molecular formula is C16H20N2O. The Morgan fingerprint density at radius 2 is 1.79 bits per heavy atom. The SMILES string of the molecule is CNCc1c(C)cc(C)nc1Oc1ccc(C)cc1. The number of benzene rings is 1. The van der Waals surface area contributed by atoms with Crippen LogP contribution in [0.3, 0.4) is 0 Å². The Bertz CT molecular complexity index is 562. The minimum Gasteiger partial charge on any atom is -0.439 e. The van der Waals surface area contributed by atoms with Gasteiger partial charge in [-0.3, -0.25) is 0 Å². The molecule has 3 heteroatoms. The fraction of sp³-hybridized carbons (Fsp3) is 0.312. The Morgan fingerprint density at radius 1 is 1.11 bits per heavy atom. The third-order valence-electron chi connectivity index (χ3n) is 3.03. The largest absolute Gasteiger partial charge is 0.439 e. The summed E-state index contributed by atoms with van der Waals surface area (Å²) in [4.78, 5) is 4.51. The Kier molecular flexibility index (Phi) is 4.17. The fourth-order valence-electron chi connectivity index (χ4n) is 2.02. The summed E-state index contributed by atoms with van der Waals surface area (Å²) in [7, 11) is 1.93. The van der Waals surface area contributed by atoms with Crippen LogP contribution < -0.4 is 10.1 Å². The summed E-state index contributed by atoms with van der Waals surface area (Å²) in [5.41, 5.74) is 4.49. The Labute approximate surface area is 114 Å². The number of nitrogens with zero attached hydrogens (tertiary/aromatic N) is 1. The summed E-state index contributed by atoms with van der Waals surface area (Å²) < 4.78 is 5.93. The van der Waals surface area contributed by atoms with Crippen molar-refractivity contribution in [3.8, 4) is 11.6 Å². The van der Waals surface area contributed by atoms with Gasteiger partial charge in [0, 0.05) is 17.8 Å². The van der Waals surface area contributed by atoms with Gasteiger partial charge in [-0.1, -0.05) is 17.7 Å². The van der Waals surface area contributed by atoms with E-state index in [1.807, 2.05) is 38.2 Å². The van der Waals surface area contributed by atoms with E-state index in [9.17, 15) is 0 Å². The molecule has 0 radical (unpaired) electrons. The third kappa shape index (κ3) is 3.32. The smallest absolute Gasteiger partial charge is 0.224 e. The van der Waals surface area contributed by atoms with Gasteiger partial charge < -0.3 is 10.1 Å². The molecular weight excluding hydrogens is 236 g/mol. The van der Waals surface area contributed by atoms with Crippen molar-refractivity contribution in [2.75, 3.05) is 7.05 Å². The van der Waals surface area contributed by atoms with Gasteiger partial charge in [-0.05, 0) is 51.6 Å². The highest BCUT2D eigenvalue weighted by Gasteiger charge is 2.10. The number of ether oxygens (including phenoxy) is 1. The Balaban J connectivity index is 2.35. The number of rotatable bonds is 4. The molecule has 0 fully saturated rings. The predicted molar refractivity (Wildman–Crippen MR) is 77.7 cm³/mol. The first-order valence-corrected chi connectivity index (χ1v) is 6.46. The number of nitrogens with one attached hydrogen (secondary N) is 1. The minimum atomic E-state index is 0.690. The molecule has 0 spiro atoms. The number of aryl methyl sites for hydroxylation is 3. The molecule has 0 amide bonds. The van der Waals surface area contributed by atoms with Crippen LogP contribution in [0.15, 0.2) is 30.3 Å². The number of hydrogen-bond acceptors (Lipinski definition) is 3. The van der Waals surface area contributed by atoms with Crippen LogP contribution in [0.4, 0.5) is 0 Å². The van der Waals surface area contributed by atoms with Crippen molar-refractivity contribution in [1.82, 2.24) is 10.3 Å². The van der Waals surface area contributed by atoms with Crippen molar-refractivity contribution in [3.05, 3.63) is 52.7 Å². The van der Waals surface area contributed by atoms with E-state index in [-0.39, 0.29) is 0 Å². The summed E-state index contributed by atoms with van der Waals surface area (Å²) in [5, 5.41) is 3.16. The van der Waals surface area contributed by atoms with Crippen LogP contribution in [-0.2, 0) is 6.54 Å². The molecule has 19 heavy (non-hydrogen) atoms. The van der Waals surface area contributed by atoms with Crippen molar-refractivity contribution in [3.63, 3.8) is 0 Å². The first-order valence-electron chi connectivity index (χ1n) is 6.46. The summed E-state index contributed by atoms with van der Waals surface area (Å²) in [5.74, 6) is 1.51. The molecule has 0 aliphatic carbocycles. The van der Waals surface area contributed by atoms with E-state index >= 15 is 0 Å². The second kappa shape index (κ2) is 5.85. The zero-order chi connectivity index (χ0) is 13.8. The lowest BCUT2D eigenvalue weighted by Crippen LogP contribution is -2.09. The lowest BCUT2D eigenvalue weighted by Gasteiger charge is -2.13. The quantitative estimate of drug-likeness (QED) is 0.908. The molecule has 0 atom stereocenters. The molecule has 100 valence electrons. The average Bonchev–Trinajstić information content (AvgIpc) is 2.36. The molecule has 0 saturated carbocycles. The minimum absolute atomic E-state index is 0.690. The van der Waals surface area contributed by atoms with Gasteiger partial charge in [0.05, 0.1) is 0 Å². The van der Waals surface area contributed by atoms with Crippen LogP contribution in [0.1, 0.15) is 22.4 Å². The second-order valence-electron chi connectivity index (χ2n) is 4.81. The van der Waals surface area contributed by atoms with Crippen molar-refractivity contribution >= 4 is 0 Å². The van der Waals surface area contributed by atoms with Crippen molar-refractivity contribution < 1.29 is 4.74 Å². The molecule has 2 aromatic rings. The second-order valence-corrected chi connectivity index (χ2v) is 4.81. The van der Waals surface area contributed by atoms with E-state index in [2.05, 4.69) is 30.2 Å². The zero-order valence-electron chi connectivity index (χ0n) is 11.9. The van der Waals surface area contributed by atoms with Crippen molar-refractivity contribution in [1.29, 1.82) is 0 Å². The van der Waals surface area contributed by atoms with Crippen molar-refractivity contribution in [2.24, 2.45) is 0 Å². The molecule has 1 aromatic heterocycles. The molecule has 1 heterocycles. The van der Waals surface area contributed by atoms with Gasteiger partial charge in [0.2, 0.25) is 5.88 Å². The third-order valence-corrected chi connectivity index (χ3v) is 3.03. The molecule has 2 rings (SSSR count). The van der Waals surface area contributed by atoms with Gasteiger partial charge in [-0.15, -0.1) is 0 Å². The summed E-state index contributed by atoms with van der Waals surface area (Å²) in [6.45, 7) is 6.88. The topological polar surface area (TPSA) is 34.2 Å². The van der Waals surface area contributed by atoms with Gasteiger partial charge in [-0.2, -0.15) is 0 Å². The highest BCUT2D eigenvalue weighted by Crippen LogP contribution is 2.26. The standard InChI is InChI=1S/C16H20N2O/c1-11-5-7-14(8-6-11)19-16-15(10-17-4)12(2)9-13(3)18-16/h5-9,17H,10H2,1-4H3. The molecule has 1 N–H and O–H groups in total. The summed E-state index contributed by atoms with van der Waals surface area (Å²) in [6.07, 6.45) is 0. The zero-order valence-corrected chi connectivity index (χ0v) is 11.9. The molecule has 0 saturated heterocycles. The summed E-state index contributed by atoms with van der Waals surface area (Å²) >= 11 is 0. The van der Waals surface area contributed by atoms with Gasteiger partial charge >= 0.3 is 0 Å². The number of hydrogen-bond donors (Lipinski definition) is 1. The molecule has 0 aliphatic rings. The molecule has 3 nitrogen and oxygen atoms in total. The average molecular weight is 256 g/mol. The lowest BCUT2D eigenvalue weighted by atomic mass is 10.1. The van der Waals surface area contributed by atoms with E-state index < -0.39 is 0 Å².